The van der Waals surface area contributed by atoms with Gasteiger partial charge < -0.3 is 24.0 Å². The van der Waals surface area contributed by atoms with Crippen LogP contribution in [0.2, 0.25) is 0 Å². The van der Waals surface area contributed by atoms with Crippen LogP contribution in [0.5, 0.6) is 11.5 Å². The van der Waals surface area contributed by atoms with Gasteiger partial charge in [0.15, 0.2) is 0 Å². The third-order valence-electron chi connectivity index (χ3n) is 12.8. The largest absolute Gasteiger partial charge is 0.430 e. The van der Waals surface area contributed by atoms with E-state index < -0.39 is 5.97 Å². The van der Waals surface area contributed by atoms with E-state index in [-0.39, 0.29) is 0 Å². The topological polar surface area (TPSA) is 34.2 Å². The summed E-state index contributed by atoms with van der Waals surface area (Å²) < 4.78 is 19.8. The van der Waals surface area contributed by atoms with E-state index in [1.807, 2.05) is 24.3 Å². The number of nitrogens with zero attached hydrogens (tertiary/aromatic N) is 2. The van der Waals surface area contributed by atoms with Crippen molar-refractivity contribution in [3.63, 3.8) is 0 Å². The molecule has 5 heteroatoms. The number of fused-ring (bicyclic) bond motifs is 4. The molecule has 1 aromatic rings. The molecular weight excluding hydrogens is 725 g/mol. The molecule has 0 saturated heterocycles. The zero-order valence-electron chi connectivity index (χ0n) is 40.3. The lowest BCUT2D eigenvalue weighted by Crippen LogP contribution is -2.45. The van der Waals surface area contributed by atoms with Crippen molar-refractivity contribution in [1.29, 1.82) is 0 Å². The highest BCUT2D eigenvalue weighted by molar-refractivity contribution is 5.33. The summed E-state index contributed by atoms with van der Waals surface area (Å²) in [5.74, 6) is 0.666. The second-order valence-electron chi connectivity index (χ2n) is 18.6. The van der Waals surface area contributed by atoms with Gasteiger partial charge in [-0.25, -0.2) is 0 Å². The second kappa shape index (κ2) is 39.5. The number of ether oxygens (including phenoxy) is 3. The maximum absolute atomic E-state index is 6.71. The summed E-state index contributed by atoms with van der Waals surface area (Å²) in [5.41, 5.74) is 0. The van der Waals surface area contributed by atoms with E-state index in [0.29, 0.717) is 6.61 Å². The lowest BCUT2D eigenvalue weighted by Gasteiger charge is -2.33. The minimum atomic E-state index is -1.03. The Hall–Kier alpha value is -1.30. The van der Waals surface area contributed by atoms with Gasteiger partial charge in [0, 0.05) is 0 Å². The molecule has 0 saturated carbocycles. The zero-order valence-corrected chi connectivity index (χ0v) is 40.3. The predicted octanol–water partition coefficient (Wildman–Crippen LogP) is 16.9. The first kappa shape index (κ1) is 53.8. The van der Waals surface area contributed by atoms with Crippen molar-refractivity contribution in [2.24, 2.45) is 0 Å². The summed E-state index contributed by atoms with van der Waals surface area (Å²) in [5, 5.41) is 0. The molecule has 0 N–H and O–H groups in total. The summed E-state index contributed by atoms with van der Waals surface area (Å²) >= 11 is 0. The lowest BCUT2D eigenvalue weighted by atomic mass is 10.1. The Balaban J connectivity index is 1.86. The molecule has 2 bridgehead atoms. The highest BCUT2D eigenvalue weighted by atomic mass is 16.9. The molecule has 2 aliphatic rings. The predicted molar refractivity (Wildman–Crippen MR) is 258 cm³/mol. The highest BCUT2D eigenvalue weighted by Gasteiger charge is 2.38. The van der Waals surface area contributed by atoms with Crippen molar-refractivity contribution < 1.29 is 14.2 Å². The van der Waals surface area contributed by atoms with Crippen LogP contribution in [0.1, 0.15) is 259 Å². The van der Waals surface area contributed by atoms with Gasteiger partial charge in [0.25, 0.3) is 0 Å². The van der Waals surface area contributed by atoms with E-state index in [0.717, 1.165) is 37.3 Å². The third-order valence-corrected chi connectivity index (χ3v) is 12.8. The van der Waals surface area contributed by atoms with Gasteiger partial charge >= 0.3 is 5.97 Å². The number of rotatable bonds is 46. The normalized spacial score (nSPS) is 13.4. The van der Waals surface area contributed by atoms with E-state index in [2.05, 4.69) is 37.5 Å². The molecule has 0 atom stereocenters. The summed E-state index contributed by atoms with van der Waals surface area (Å²) in [7, 11) is 0. The number of unbranched alkanes of at least 4 members (excludes halogenated alkanes) is 29. The van der Waals surface area contributed by atoms with Crippen LogP contribution in [-0.4, -0.2) is 61.6 Å². The van der Waals surface area contributed by atoms with Crippen molar-refractivity contribution in [2.75, 3.05) is 45.9 Å². The Bertz CT molecular complexity index is 937. The summed E-state index contributed by atoms with van der Waals surface area (Å²) in [6, 6.07) is 8.13. The van der Waals surface area contributed by atoms with Gasteiger partial charge in [-0.3, -0.25) is 0 Å². The standard InChI is InChI=1S/C54H102N2O3/c1-5-9-13-17-21-25-29-33-45-55(46-34-30-26-22-18-14-10-6-2)49-37-38-51-57-54(58-52-40-41-53(59-54)43-42-52)44-39-50-56(47-35-31-27-23-19-15-11-7-3)48-36-32-28-24-20-16-12-8-4/h40-43H,5-39,44-51H2,1-4H3. The lowest BCUT2D eigenvalue weighted by molar-refractivity contribution is -0.304. The quantitative estimate of drug-likeness (QED) is 0.0612. The van der Waals surface area contributed by atoms with E-state index in [1.54, 1.807) is 0 Å². The Morgan fingerprint density at radius 2 is 0.593 bits per heavy atom. The minimum absolute atomic E-state index is 0.671. The van der Waals surface area contributed by atoms with Crippen molar-refractivity contribution in [2.45, 2.75) is 265 Å². The molecule has 3 rings (SSSR count). The smallest absolute Gasteiger partial charge is 0.371 e. The molecule has 0 fully saturated rings. The van der Waals surface area contributed by atoms with E-state index in [9.17, 15) is 0 Å². The minimum Gasteiger partial charge on any atom is -0.430 e. The molecule has 0 radical (unpaired) electrons. The van der Waals surface area contributed by atoms with Crippen molar-refractivity contribution >= 4 is 0 Å². The molecule has 0 aliphatic carbocycles. The SMILES string of the molecule is CCCCCCCCCCN(CCCCCCCCCC)CCCCOC1(CCCN(CCCCCCCCCC)CCCCCCCCCC)Oc2ccc(cc2)O1. The molecule has 0 unspecified atom stereocenters. The Morgan fingerprint density at radius 1 is 0.339 bits per heavy atom. The zero-order chi connectivity index (χ0) is 42.2. The number of hydrogen-bond donors (Lipinski definition) is 0. The molecule has 1 aromatic carbocycles. The molecule has 346 valence electrons. The van der Waals surface area contributed by atoms with Gasteiger partial charge in [0.2, 0.25) is 0 Å². The average Bonchev–Trinajstić information content (AvgIpc) is 3.53. The van der Waals surface area contributed by atoms with Gasteiger partial charge in [0.1, 0.15) is 11.5 Å². The first-order valence-corrected chi connectivity index (χ1v) is 26.7. The van der Waals surface area contributed by atoms with Crippen LogP contribution in [0.25, 0.3) is 0 Å². The van der Waals surface area contributed by atoms with Gasteiger partial charge in [-0.1, -0.05) is 207 Å². The maximum Gasteiger partial charge on any atom is 0.371 e. The van der Waals surface area contributed by atoms with Crippen LogP contribution >= 0.6 is 0 Å². The van der Waals surface area contributed by atoms with Crippen molar-refractivity contribution in [3.05, 3.63) is 24.3 Å². The van der Waals surface area contributed by atoms with Gasteiger partial charge in [-0.05, 0) is 108 Å². The van der Waals surface area contributed by atoms with Crippen LogP contribution < -0.4 is 9.47 Å². The fourth-order valence-electron chi connectivity index (χ4n) is 8.92. The molecule has 0 aromatic heterocycles. The summed E-state index contributed by atoms with van der Waals surface area (Å²) in [6.45, 7) is 17.1. The van der Waals surface area contributed by atoms with Gasteiger partial charge in [-0.15, -0.1) is 0 Å². The van der Waals surface area contributed by atoms with Gasteiger partial charge in [-0.2, -0.15) is 0 Å². The van der Waals surface area contributed by atoms with Crippen LogP contribution in [0.3, 0.4) is 0 Å². The first-order valence-electron chi connectivity index (χ1n) is 26.7. The summed E-state index contributed by atoms with van der Waals surface area (Å²) in [6.07, 6.45) is 48.3. The molecule has 2 aliphatic heterocycles. The highest BCUT2D eigenvalue weighted by Crippen LogP contribution is 2.34. The number of hydrogen-bond acceptors (Lipinski definition) is 5. The van der Waals surface area contributed by atoms with Crippen molar-refractivity contribution in [1.82, 2.24) is 9.80 Å². The molecule has 0 amide bonds. The maximum atomic E-state index is 6.71. The Morgan fingerprint density at radius 3 is 0.898 bits per heavy atom. The Kier molecular flexibility index (Phi) is 36.1. The molecular formula is C54H102N2O3. The van der Waals surface area contributed by atoms with E-state index in [1.165, 1.54) is 245 Å². The van der Waals surface area contributed by atoms with Crippen LogP contribution in [0.4, 0.5) is 0 Å². The van der Waals surface area contributed by atoms with Crippen LogP contribution in [0, 0.1) is 0 Å². The molecule has 0 spiro atoms. The monoisotopic (exact) mass is 827 g/mol. The summed E-state index contributed by atoms with van der Waals surface area (Å²) in [4.78, 5) is 5.52. The van der Waals surface area contributed by atoms with Gasteiger partial charge in [0.05, 0.1) is 13.0 Å². The molecule has 5 nitrogen and oxygen atoms in total. The van der Waals surface area contributed by atoms with Crippen LogP contribution in [0.15, 0.2) is 24.3 Å². The Labute approximate surface area is 369 Å². The second-order valence-corrected chi connectivity index (χ2v) is 18.6. The molecule has 59 heavy (non-hydrogen) atoms. The first-order chi connectivity index (χ1) is 29.1. The molecule has 2 heterocycles. The fraction of sp³-hybridized carbons (Fsp3) is 0.889. The van der Waals surface area contributed by atoms with E-state index in [4.69, 9.17) is 14.2 Å². The van der Waals surface area contributed by atoms with Crippen molar-refractivity contribution in [3.8, 4) is 11.5 Å². The number of benzene rings is 1. The third kappa shape index (κ3) is 30.4. The fourth-order valence-corrected chi connectivity index (χ4v) is 8.92. The van der Waals surface area contributed by atoms with E-state index >= 15 is 0 Å². The van der Waals surface area contributed by atoms with Crippen LogP contribution in [-0.2, 0) is 4.74 Å². The average molecular weight is 827 g/mol.